The van der Waals surface area contributed by atoms with Gasteiger partial charge in [-0.05, 0) is 33.1 Å². The number of hydrogen-bond donors (Lipinski definition) is 0. The Balaban J connectivity index is 2.82. The summed E-state index contributed by atoms with van der Waals surface area (Å²) >= 11 is 0. The van der Waals surface area contributed by atoms with Gasteiger partial charge in [-0.2, -0.15) is 0 Å². The molecular formula is C16H22O4. The van der Waals surface area contributed by atoms with Crippen LogP contribution in [0.4, 0.5) is 0 Å². The molecule has 0 aliphatic heterocycles. The zero-order chi connectivity index (χ0) is 15.1. The molecule has 0 radical (unpaired) electrons. The first-order valence-electron chi connectivity index (χ1n) is 6.69. The molecule has 0 amide bonds. The van der Waals surface area contributed by atoms with Crippen LogP contribution < -0.4 is 0 Å². The van der Waals surface area contributed by atoms with E-state index >= 15 is 0 Å². The van der Waals surface area contributed by atoms with Gasteiger partial charge < -0.3 is 9.47 Å². The normalized spacial score (nSPS) is 14.5. The predicted octanol–water partition coefficient (Wildman–Crippen LogP) is 3.10. The first-order chi connectivity index (χ1) is 9.49. The molecule has 1 rings (SSSR count). The predicted molar refractivity (Wildman–Crippen MR) is 77.0 cm³/mol. The minimum Gasteiger partial charge on any atom is -0.466 e. The van der Waals surface area contributed by atoms with E-state index in [9.17, 15) is 9.59 Å². The molecule has 0 aromatic carbocycles. The summed E-state index contributed by atoms with van der Waals surface area (Å²) in [5, 5.41) is 0. The van der Waals surface area contributed by atoms with E-state index in [0.29, 0.717) is 24.0 Å². The van der Waals surface area contributed by atoms with E-state index in [1.54, 1.807) is 0 Å². The average Bonchev–Trinajstić information content (AvgIpc) is 2.45. The smallest absolute Gasteiger partial charge is 0.334 e. The van der Waals surface area contributed by atoms with Crippen LogP contribution in [0, 0.1) is 0 Å². The maximum Gasteiger partial charge on any atom is 0.334 e. The molecule has 0 atom stereocenters. The Bertz CT molecular complexity index is 477. The second-order valence-corrected chi connectivity index (χ2v) is 5.00. The molecule has 0 spiro atoms. The van der Waals surface area contributed by atoms with Crippen molar-refractivity contribution < 1.29 is 19.1 Å². The van der Waals surface area contributed by atoms with Crippen LogP contribution >= 0.6 is 0 Å². The highest BCUT2D eigenvalue weighted by atomic mass is 16.5. The number of allylic oxidation sites excluding steroid dienone is 4. The van der Waals surface area contributed by atoms with E-state index in [1.165, 1.54) is 19.8 Å². The third kappa shape index (κ3) is 4.37. The van der Waals surface area contributed by atoms with Gasteiger partial charge in [-0.3, -0.25) is 0 Å². The largest absolute Gasteiger partial charge is 0.466 e. The van der Waals surface area contributed by atoms with Gasteiger partial charge in [0.05, 0.1) is 25.4 Å². The monoisotopic (exact) mass is 278 g/mol. The van der Waals surface area contributed by atoms with Crippen molar-refractivity contribution in [3.63, 3.8) is 0 Å². The van der Waals surface area contributed by atoms with Crippen LogP contribution in [0.3, 0.4) is 0 Å². The van der Waals surface area contributed by atoms with Crippen molar-refractivity contribution in [1.82, 2.24) is 0 Å². The SMILES string of the molecule is COC(=O)C1=C(C(=O)OC)CC(CCC=C(C)C)=CC1. The first-order valence-corrected chi connectivity index (χ1v) is 6.69. The summed E-state index contributed by atoms with van der Waals surface area (Å²) in [5.41, 5.74) is 3.27. The molecule has 1 aliphatic carbocycles. The molecule has 0 saturated heterocycles. The van der Waals surface area contributed by atoms with Gasteiger partial charge in [-0.25, -0.2) is 9.59 Å². The molecule has 0 fully saturated rings. The van der Waals surface area contributed by atoms with E-state index in [1.807, 2.05) is 6.08 Å². The van der Waals surface area contributed by atoms with Gasteiger partial charge in [-0.1, -0.05) is 23.3 Å². The van der Waals surface area contributed by atoms with Gasteiger partial charge in [0.1, 0.15) is 0 Å². The zero-order valence-corrected chi connectivity index (χ0v) is 12.6. The van der Waals surface area contributed by atoms with Crippen molar-refractivity contribution in [3.05, 3.63) is 34.4 Å². The summed E-state index contributed by atoms with van der Waals surface area (Å²) < 4.78 is 9.48. The third-order valence-electron chi connectivity index (χ3n) is 3.24. The highest BCUT2D eigenvalue weighted by molar-refractivity contribution is 6.01. The molecule has 4 heteroatoms. The van der Waals surface area contributed by atoms with Crippen LogP contribution in [0.1, 0.15) is 39.5 Å². The lowest BCUT2D eigenvalue weighted by atomic mass is 9.89. The topological polar surface area (TPSA) is 52.6 Å². The van der Waals surface area contributed by atoms with Crippen molar-refractivity contribution in [2.45, 2.75) is 39.5 Å². The van der Waals surface area contributed by atoms with Crippen LogP contribution in [0.15, 0.2) is 34.4 Å². The van der Waals surface area contributed by atoms with Crippen molar-refractivity contribution in [1.29, 1.82) is 0 Å². The van der Waals surface area contributed by atoms with E-state index in [-0.39, 0.29) is 0 Å². The highest BCUT2D eigenvalue weighted by Crippen LogP contribution is 2.29. The summed E-state index contributed by atoms with van der Waals surface area (Å²) in [5.74, 6) is -0.900. The first kappa shape index (κ1) is 16.2. The molecule has 0 aromatic rings. The third-order valence-corrected chi connectivity index (χ3v) is 3.24. The molecule has 4 nitrogen and oxygen atoms in total. The fraction of sp³-hybridized carbons (Fsp3) is 0.500. The molecule has 1 aliphatic rings. The minimum atomic E-state index is -0.454. The number of esters is 2. The molecule has 0 heterocycles. The molecule has 20 heavy (non-hydrogen) atoms. The van der Waals surface area contributed by atoms with Gasteiger partial charge in [0.2, 0.25) is 0 Å². The molecule has 110 valence electrons. The minimum absolute atomic E-state index is 0.408. The Morgan fingerprint density at radius 2 is 1.75 bits per heavy atom. The number of carbonyl (C=O) groups excluding carboxylic acids is 2. The van der Waals surface area contributed by atoms with Crippen molar-refractivity contribution in [2.75, 3.05) is 14.2 Å². The van der Waals surface area contributed by atoms with Crippen molar-refractivity contribution in [2.24, 2.45) is 0 Å². The summed E-state index contributed by atoms with van der Waals surface area (Å²) in [7, 11) is 2.64. The average molecular weight is 278 g/mol. The van der Waals surface area contributed by atoms with Crippen LogP contribution in [-0.4, -0.2) is 26.2 Å². The van der Waals surface area contributed by atoms with Gasteiger partial charge in [-0.15, -0.1) is 0 Å². The molecule has 0 bridgehead atoms. The molecule has 0 unspecified atom stereocenters. The quantitative estimate of drug-likeness (QED) is 0.573. The lowest BCUT2D eigenvalue weighted by Gasteiger charge is -2.18. The fourth-order valence-electron chi connectivity index (χ4n) is 2.16. The standard InChI is InChI=1S/C16H22O4/c1-11(2)6-5-7-12-8-9-13(15(17)19-3)14(10-12)16(18)20-4/h6,8H,5,7,9-10H2,1-4H3. The Morgan fingerprint density at radius 1 is 1.15 bits per heavy atom. The summed E-state index contributed by atoms with van der Waals surface area (Å²) in [6.07, 6.45) is 6.90. The highest BCUT2D eigenvalue weighted by Gasteiger charge is 2.25. The second kappa shape index (κ2) is 7.68. The summed E-state index contributed by atoms with van der Waals surface area (Å²) in [6.45, 7) is 4.12. The second-order valence-electron chi connectivity index (χ2n) is 5.00. The Hall–Kier alpha value is -1.84. The Labute approximate surface area is 120 Å². The maximum absolute atomic E-state index is 11.8. The maximum atomic E-state index is 11.8. The number of rotatable bonds is 5. The van der Waals surface area contributed by atoms with Crippen LogP contribution in [0.25, 0.3) is 0 Å². The zero-order valence-electron chi connectivity index (χ0n) is 12.6. The van der Waals surface area contributed by atoms with Gasteiger partial charge in [0.15, 0.2) is 0 Å². The lowest BCUT2D eigenvalue weighted by Crippen LogP contribution is -2.17. The van der Waals surface area contributed by atoms with E-state index < -0.39 is 11.9 Å². The lowest BCUT2D eigenvalue weighted by molar-refractivity contribution is -0.139. The number of hydrogen-bond acceptors (Lipinski definition) is 4. The van der Waals surface area contributed by atoms with Gasteiger partial charge in [0.25, 0.3) is 0 Å². The van der Waals surface area contributed by atoms with Crippen LogP contribution in [0.2, 0.25) is 0 Å². The molecular weight excluding hydrogens is 256 g/mol. The molecule has 0 saturated carbocycles. The van der Waals surface area contributed by atoms with Crippen molar-refractivity contribution >= 4 is 11.9 Å². The van der Waals surface area contributed by atoms with E-state index in [4.69, 9.17) is 9.47 Å². The van der Waals surface area contributed by atoms with E-state index in [2.05, 4.69) is 19.9 Å². The van der Waals surface area contributed by atoms with E-state index in [0.717, 1.165) is 18.4 Å². The van der Waals surface area contributed by atoms with Crippen LogP contribution in [0.5, 0.6) is 0 Å². The summed E-state index contributed by atoms with van der Waals surface area (Å²) in [4.78, 5) is 23.5. The number of methoxy groups -OCH3 is 2. The molecule has 0 N–H and O–H groups in total. The number of carbonyl (C=O) groups is 2. The Morgan fingerprint density at radius 3 is 2.30 bits per heavy atom. The summed E-state index contributed by atoms with van der Waals surface area (Å²) in [6, 6.07) is 0. The van der Waals surface area contributed by atoms with Gasteiger partial charge >= 0.3 is 11.9 Å². The van der Waals surface area contributed by atoms with Crippen molar-refractivity contribution in [3.8, 4) is 0 Å². The number of ether oxygens (including phenoxy) is 2. The molecule has 0 aromatic heterocycles. The van der Waals surface area contributed by atoms with Gasteiger partial charge in [0, 0.05) is 6.42 Å². The fourth-order valence-corrected chi connectivity index (χ4v) is 2.16. The van der Waals surface area contributed by atoms with Crippen LogP contribution in [-0.2, 0) is 19.1 Å². The Kier molecular flexibility index (Phi) is 6.22.